The third-order valence-corrected chi connectivity index (χ3v) is 5.56. The quantitative estimate of drug-likeness (QED) is 0.330. The Bertz CT molecular complexity index is 866. The molecule has 2 aromatic rings. The molecular formula is C16H24N8O2S. The first-order valence-corrected chi connectivity index (χ1v) is 10.4. The molecule has 11 heteroatoms. The van der Waals surface area contributed by atoms with Crippen LogP contribution >= 0.6 is 0 Å². The van der Waals surface area contributed by atoms with Crippen molar-refractivity contribution in [2.24, 2.45) is 4.99 Å². The summed E-state index contributed by atoms with van der Waals surface area (Å²) >= 11 is 0. The molecule has 146 valence electrons. The molecular weight excluding hydrogens is 368 g/mol. The van der Waals surface area contributed by atoms with Gasteiger partial charge in [-0.2, -0.15) is 5.10 Å². The fourth-order valence-electron chi connectivity index (χ4n) is 2.81. The van der Waals surface area contributed by atoms with Gasteiger partial charge in [-0.1, -0.05) is 0 Å². The highest BCUT2D eigenvalue weighted by atomic mass is 32.2. The van der Waals surface area contributed by atoms with E-state index in [-0.39, 0.29) is 17.5 Å². The van der Waals surface area contributed by atoms with Crippen LogP contribution in [0.15, 0.2) is 40.7 Å². The summed E-state index contributed by atoms with van der Waals surface area (Å²) in [5.74, 6) is 1.66. The highest BCUT2D eigenvalue weighted by Crippen LogP contribution is 2.11. The number of aryl methyl sites for hydroxylation is 1. The van der Waals surface area contributed by atoms with Crippen molar-refractivity contribution in [1.29, 1.82) is 0 Å². The molecule has 0 bridgehead atoms. The number of sulfonamides is 1. The maximum absolute atomic E-state index is 12.2. The highest BCUT2D eigenvalue weighted by Gasteiger charge is 2.20. The van der Waals surface area contributed by atoms with Crippen LogP contribution in [0.3, 0.4) is 0 Å². The van der Waals surface area contributed by atoms with Crippen molar-refractivity contribution in [3.05, 3.63) is 36.7 Å². The van der Waals surface area contributed by atoms with Gasteiger partial charge < -0.3 is 10.6 Å². The number of nitrogens with zero attached hydrogens (tertiary/aromatic N) is 5. The van der Waals surface area contributed by atoms with Crippen LogP contribution in [0.1, 0.15) is 19.2 Å². The zero-order chi connectivity index (χ0) is 19.1. The molecule has 0 radical (unpaired) electrons. The van der Waals surface area contributed by atoms with Gasteiger partial charge in [0.1, 0.15) is 17.0 Å². The molecule has 0 spiro atoms. The number of aromatic nitrogens is 4. The number of fused-ring (bicyclic) bond motifs is 1. The number of aliphatic imine (C=N–C) groups is 1. The van der Waals surface area contributed by atoms with Crippen molar-refractivity contribution in [2.75, 3.05) is 19.6 Å². The number of rotatable bonds is 7. The summed E-state index contributed by atoms with van der Waals surface area (Å²) in [5, 5.41) is 10.8. The minimum atomic E-state index is -3.57. The van der Waals surface area contributed by atoms with E-state index >= 15 is 0 Å². The van der Waals surface area contributed by atoms with Gasteiger partial charge in [0.25, 0.3) is 0 Å². The first-order valence-electron chi connectivity index (χ1n) is 8.89. The molecule has 0 saturated carbocycles. The molecule has 3 N–H and O–H groups in total. The molecule has 0 saturated heterocycles. The second kappa shape index (κ2) is 8.91. The van der Waals surface area contributed by atoms with Crippen LogP contribution in [-0.2, 0) is 23.0 Å². The molecule has 1 unspecified atom stereocenters. The van der Waals surface area contributed by atoms with Gasteiger partial charge in [-0.05, 0) is 25.5 Å². The summed E-state index contributed by atoms with van der Waals surface area (Å²) in [7, 11) is -3.57. The predicted octanol–water partition coefficient (Wildman–Crippen LogP) is -0.478. The molecule has 3 heterocycles. The van der Waals surface area contributed by atoms with Gasteiger partial charge >= 0.3 is 0 Å². The van der Waals surface area contributed by atoms with Crippen molar-refractivity contribution >= 4 is 16.0 Å². The summed E-state index contributed by atoms with van der Waals surface area (Å²) in [6.07, 6.45) is 6.23. The standard InChI is InChI=1S/C16H24N8O2S/c1-2-18-16(23-13-5-6-15-20-12-21-24(15)11-13)19-8-9-22-27(25,26)14-4-3-7-17-10-14/h3-4,7,10,12-13,22H,2,5-6,8-9,11H2,1H3,(H2,18,19,23). The summed E-state index contributed by atoms with van der Waals surface area (Å²) in [6, 6.07) is 3.29. The van der Waals surface area contributed by atoms with E-state index in [1.807, 2.05) is 11.6 Å². The molecule has 0 aliphatic carbocycles. The summed E-state index contributed by atoms with van der Waals surface area (Å²) in [6.45, 7) is 3.95. The van der Waals surface area contributed by atoms with E-state index in [1.54, 1.807) is 12.4 Å². The van der Waals surface area contributed by atoms with E-state index in [9.17, 15) is 8.42 Å². The Morgan fingerprint density at radius 1 is 1.44 bits per heavy atom. The van der Waals surface area contributed by atoms with E-state index < -0.39 is 10.0 Å². The van der Waals surface area contributed by atoms with Gasteiger partial charge in [-0.25, -0.2) is 22.8 Å². The number of nitrogens with one attached hydrogen (secondary N) is 3. The Hall–Kier alpha value is -2.53. The lowest BCUT2D eigenvalue weighted by molar-refractivity contribution is 0.393. The van der Waals surface area contributed by atoms with Crippen molar-refractivity contribution in [2.45, 2.75) is 37.2 Å². The lowest BCUT2D eigenvalue weighted by Crippen LogP contribution is -2.47. The van der Waals surface area contributed by atoms with Crippen LogP contribution in [0.25, 0.3) is 0 Å². The summed E-state index contributed by atoms with van der Waals surface area (Å²) < 4.78 is 28.8. The van der Waals surface area contributed by atoms with Crippen molar-refractivity contribution in [3.8, 4) is 0 Å². The SMILES string of the molecule is CCNC(=NCCNS(=O)(=O)c1cccnc1)NC1CCc2ncnn2C1. The molecule has 3 rings (SSSR count). The third kappa shape index (κ3) is 5.23. The number of pyridine rings is 1. The van der Waals surface area contributed by atoms with Crippen LogP contribution in [0, 0.1) is 0 Å². The van der Waals surface area contributed by atoms with E-state index in [0.29, 0.717) is 19.0 Å². The first-order chi connectivity index (χ1) is 13.1. The van der Waals surface area contributed by atoms with Gasteiger partial charge in [-0.3, -0.25) is 9.98 Å². The second-order valence-corrected chi connectivity index (χ2v) is 7.85. The molecule has 2 aromatic heterocycles. The van der Waals surface area contributed by atoms with E-state index in [1.165, 1.54) is 18.5 Å². The fourth-order valence-corrected chi connectivity index (χ4v) is 3.79. The van der Waals surface area contributed by atoms with Crippen molar-refractivity contribution < 1.29 is 8.42 Å². The molecule has 0 fully saturated rings. The maximum Gasteiger partial charge on any atom is 0.242 e. The second-order valence-electron chi connectivity index (χ2n) is 6.09. The first kappa shape index (κ1) is 19.2. The Morgan fingerprint density at radius 2 is 2.33 bits per heavy atom. The summed E-state index contributed by atoms with van der Waals surface area (Å²) in [4.78, 5) is 12.7. The normalized spacial score (nSPS) is 17.4. The Balaban J connectivity index is 1.52. The lowest BCUT2D eigenvalue weighted by atomic mass is 10.1. The van der Waals surface area contributed by atoms with Crippen molar-refractivity contribution in [3.63, 3.8) is 0 Å². The predicted molar refractivity (Wildman–Crippen MR) is 101 cm³/mol. The molecule has 0 aromatic carbocycles. The highest BCUT2D eigenvalue weighted by molar-refractivity contribution is 7.89. The van der Waals surface area contributed by atoms with Crippen LogP contribution < -0.4 is 15.4 Å². The van der Waals surface area contributed by atoms with Gasteiger partial charge in [0.15, 0.2) is 5.96 Å². The van der Waals surface area contributed by atoms with Gasteiger partial charge in [0, 0.05) is 37.9 Å². The molecule has 10 nitrogen and oxygen atoms in total. The molecule has 1 aliphatic heterocycles. The Labute approximate surface area is 158 Å². The van der Waals surface area contributed by atoms with Crippen LogP contribution in [0.2, 0.25) is 0 Å². The topological polar surface area (TPSA) is 126 Å². The van der Waals surface area contributed by atoms with Crippen LogP contribution in [0.4, 0.5) is 0 Å². The molecule has 1 aliphatic rings. The van der Waals surface area contributed by atoms with E-state index in [2.05, 4.69) is 35.4 Å². The van der Waals surface area contributed by atoms with Gasteiger partial charge in [0.05, 0.1) is 13.1 Å². The zero-order valence-corrected chi connectivity index (χ0v) is 16.0. The van der Waals surface area contributed by atoms with Crippen molar-refractivity contribution in [1.82, 2.24) is 35.1 Å². The number of guanidine groups is 1. The average Bonchev–Trinajstić information content (AvgIpc) is 3.14. The lowest BCUT2D eigenvalue weighted by Gasteiger charge is -2.25. The minimum Gasteiger partial charge on any atom is -0.357 e. The largest absolute Gasteiger partial charge is 0.357 e. The monoisotopic (exact) mass is 392 g/mol. The maximum atomic E-state index is 12.2. The third-order valence-electron chi connectivity index (χ3n) is 4.11. The molecule has 1 atom stereocenters. The summed E-state index contributed by atoms with van der Waals surface area (Å²) in [5.41, 5.74) is 0. The number of hydrogen-bond donors (Lipinski definition) is 3. The van der Waals surface area contributed by atoms with E-state index in [0.717, 1.165) is 25.2 Å². The van der Waals surface area contributed by atoms with E-state index in [4.69, 9.17) is 0 Å². The Kier molecular flexibility index (Phi) is 6.35. The minimum absolute atomic E-state index is 0.143. The smallest absolute Gasteiger partial charge is 0.242 e. The zero-order valence-electron chi connectivity index (χ0n) is 15.2. The van der Waals surface area contributed by atoms with Crippen LogP contribution in [0.5, 0.6) is 0 Å². The van der Waals surface area contributed by atoms with Gasteiger partial charge in [0.2, 0.25) is 10.0 Å². The molecule has 0 amide bonds. The molecule has 27 heavy (non-hydrogen) atoms. The fraction of sp³-hybridized carbons (Fsp3) is 0.500. The van der Waals surface area contributed by atoms with Crippen LogP contribution in [-0.4, -0.2) is 59.8 Å². The Morgan fingerprint density at radius 3 is 3.11 bits per heavy atom. The average molecular weight is 392 g/mol. The number of hydrogen-bond acceptors (Lipinski definition) is 6. The van der Waals surface area contributed by atoms with Gasteiger partial charge in [-0.15, -0.1) is 0 Å².